The number of rotatable bonds is 4. The van der Waals surface area contributed by atoms with Crippen molar-refractivity contribution in [3.05, 3.63) is 53.3 Å². The lowest BCUT2D eigenvalue weighted by Gasteiger charge is -2.04. The van der Waals surface area contributed by atoms with E-state index < -0.39 is 5.97 Å². The second-order valence-corrected chi connectivity index (χ2v) is 3.67. The summed E-state index contributed by atoms with van der Waals surface area (Å²) < 4.78 is 0. The van der Waals surface area contributed by atoms with E-state index in [4.69, 9.17) is 5.11 Å². The standard InChI is InChI=1S/C12H11N3O3/c16-11(10-6-14-15-7-10)13-5-8-1-3-9(4-2-8)12(17)18/h1-4,6-7H,5H2,(H,13,16)(H,14,15)(H,17,18). The Hall–Kier alpha value is -2.63. The summed E-state index contributed by atoms with van der Waals surface area (Å²) >= 11 is 0. The van der Waals surface area contributed by atoms with E-state index in [-0.39, 0.29) is 11.5 Å². The molecule has 1 amide bonds. The van der Waals surface area contributed by atoms with E-state index in [0.717, 1.165) is 5.56 Å². The zero-order chi connectivity index (χ0) is 13.0. The summed E-state index contributed by atoms with van der Waals surface area (Å²) in [7, 11) is 0. The molecule has 0 saturated heterocycles. The number of nitrogens with zero attached hydrogens (tertiary/aromatic N) is 1. The molecule has 0 aliphatic rings. The summed E-state index contributed by atoms with van der Waals surface area (Å²) in [5, 5.41) is 17.7. The fourth-order valence-electron chi connectivity index (χ4n) is 1.42. The van der Waals surface area contributed by atoms with Crippen LogP contribution in [0.2, 0.25) is 0 Å². The van der Waals surface area contributed by atoms with E-state index in [9.17, 15) is 9.59 Å². The Labute approximate surface area is 103 Å². The number of carboxylic acid groups (broad SMARTS) is 1. The van der Waals surface area contributed by atoms with Crippen molar-refractivity contribution in [1.29, 1.82) is 0 Å². The highest BCUT2D eigenvalue weighted by Gasteiger charge is 2.06. The molecule has 0 radical (unpaired) electrons. The SMILES string of the molecule is O=C(O)c1ccc(CNC(=O)c2cn[nH]c2)cc1. The highest BCUT2D eigenvalue weighted by Crippen LogP contribution is 2.04. The van der Waals surface area contributed by atoms with Gasteiger partial charge in [-0.15, -0.1) is 0 Å². The first-order valence-corrected chi connectivity index (χ1v) is 5.26. The van der Waals surface area contributed by atoms with Crippen LogP contribution in [0.4, 0.5) is 0 Å². The number of aromatic carboxylic acids is 1. The van der Waals surface area contributed by atoms with Gasteiger partial charge in [0.2, 0.25) is 0 Å². The number of aromatic amines is 1. The van der Waals surface area contributed by atoms with E-state index in [1.54, 1.807) is 12.1 Å². The lowest BCUT2D eigenvalue weighted by atomic mass is 10.1. The van der Waals surface area contributed by atoms with Crippen LogP contribution in [0, 0.1) is 0 Å². The van der Waals surface area contributed by atoms with Crippen LogP contribution in [0.3, 0.4) is 0 Å². The Morgan fingerprint density at radius 2 is 1.94 bits per heavy atom. The first kappa shape index (κ1) is 11.8. The van der Waals surface area contributed by atoms with Gasteiger partial charge in [-0.2, -0.15) is 5.10 Å². The minimum absolute atomic E-state index is 0.222. The van der Waals surface area contributed by atoms with E-state index >= 15 is 0 Å². The van der Waals surface area contributed by atoms with Gasteiger partial charge < -0.3 is 10.4 Å². The molecule has 0 aliphatic carbocycles. The van der Waals surface area contributed by atoms with Gasteiger partial charge >= 0.3 is 5.97 Å². The third-order valence-electron chi connectivity index (χ3n) is 2.41. The van der Waals surface area contributed by atoms with Gasteiger partial charge in [0, 0.05) is 12.7 Å². The van der Waals surface area contributed by atoms with Gasteiger partial charge in [-0.05, 0) is 17.7 Å². The third-order valence-corrected chi connectivity index (χ3v) is 2.41. The zero-order valence-electron chi connectivity index (χ0n) is 9.38. The number of carbonyl (C=O) groups excluding carboxylic acids is 1. The van der Waals surface area contributed by atoms with Crippen molar-refractivity contribution in [2.24, 2.45) is 0 Å². The van der Waals surface area contributed by atoms with Crippen LogP contribution in [0.1, 0.15) is 26.3 Å². The molecule has 6 nitrogen and oxygen atoms in total. The highest BCUT2D eigenvalue weighted by molar-refractivity contribution is 5.93. The van der Waals surface area contributed by atoms with Gasteiger partial charge in [-0.25, -0.2) is 4.79 Å². The van der Waals surface area contributed by atoms with Gasteiger partial charge in [0.05, 0.1) is 17.3 Å². The Morgan fingerprint density at radius 3 is 2.50 bits per heavy atom. The Morgan fingerprint density at radius 1 is 1.22 bits per heavy atom. The average molecular weight is 245 g/mol. The number of aromatic nitrogens is 2. The van der Waals surface area contributed by atoms with Crippen LogP contribution >= 0.6 is 0 Å². The average Bonchev–Trinajstić information content (AvgIpc) is 2.90. The molecule has 0 spiro atoms. The van der Waals surface area contributed by atoms with E-state index in [0.29, 0.717) is 12.1 Å². The molecule has 3 N–H and O–H groups in total. The van der Waals surface area contributed by atoms with Crippen molar-refractivity contribution in [2.75, 3.05) is 0 Å². The maximum absolute atomic E-state index is 11.6. The van der Waals surface area contributed by atoms with Crippen molar-refractivity contribution >= 4 is 11.9 Å². The number of hydrogen-bond donors (Lipinski definition) is 3. The lowest BCUT2D eigenvalue weighted by molar-refractivity contribution is 0.0696. The van der Waals surface area contributed by atoms with E-state index in [1.165, 1.54) is 24.5 Å². The van der Waals surface area contributed by atoms with Crippen molar-refractivity contribution in [1.82, 2.24) is 15.5 Å². The molecule has 0 bridgehead atoms. The molecule has 6 heteroatoms. The predicted molar refractivity (Wildman–Crippen MR) is 63.2 cm³/mol. The predicted octanol–water partition coefficient (Wildman–Crippen LogP) is 1.04. The molecular formula is C12H11N3O3. The Kier molecular flexibility index (Phi) is 3.38. The van der Waals surface area contributed by atoms with Crippen LogP contribution in [-0.4, -0.2) is 27.2 Å². The summed E-state index contributed by atoms with van der Waals surface area (Å²) in [5.41, 5.74) is 1.51. The van der Waals surface area contributed by atoms with Crippen LogP contribution in [0.5, 0.6) is 0 Å². The maximum atomic E-state index is 11.6. The highest BCUT2D eigenvalue weighted by atomic mass is 16.4. The first-order chi connectivity index (χ1) is 8.66. The topological polar surface area (TPSA) is 95.1 Å². The molecule has 0 saturated carbocycles. The molecule has 1 aromatic carbocycles. The van der Waals surface area contributed by atoms with Crippen LogP contribution in [0.25, 0.3) is 0 Å². The van der Waals surface area contributed by atoms with Gasteiger partial charge in [0.25, 0.3) is 5.91 Å². The molecule has 0 fully saturated rings. The minimum Gasteiger partial charge on any atom is -0.478 e. The van der Waals surface area contributed by atoms with E-state index in [1.807, 2.05) is 0 Å². The van der Waals surface area contributed by atoms with Gasteiger partial charge in [0.1, 0.15) is 0 Å². The lowest BCUT2D eigenvalue weighted by Crippen LogP contribution is -2.22. The molecule has 1 heterocycles. The summed E-state index contributed by atoms with van der Waals surface area (Å²) in [6.45, 7) is 0.337. The molecule has 0 unspecified atom stereocenters. The number of carboxylic acids is 1. The molecule has 2 rings (SSSR count). The smallest absolute Gasteiger partial charge is 0.335 e. The van der Waals surface area contributed by atoms with Gasteiger partial charge in [0.15, 0.2) is 0 Å². The number of carbonyl (C=O) groups is 2. The maximum Gasteiger partial charge on any atom is 0.335 e. The molecule has 0 aliphatic heterocycles. The molecule has 92 valence electrons. The summed E-state index contributed by atoms with van der Waals surface area (Å²) in [5.74, 6) is -1.20. The van der Waals surface area contributed by atoms with Crippen LogP contribution in [-0.2, 0) is 6.54 Å². The third kappa shape index (κ3) is 2.73. The van der Waals surface area contributed by atoms with Crippen molar-refractivity contribution in [3.8, 4) is 0 Å². The number of hydrogen-bond acceptors (Lipinski definition) is 3. The van der Waals surface area contributed by atoms with Gasteiger partial charge in [-0.1, -0.05) is 12.1 Å². The summed E-state index contributed by atoms with van der Waals surface area (Å²) in [6.07, 6.45) is 2.94. The number of amides is 1. The Balaban J connectivity index is 1.94. The minimum atomic E-state index is -0.969. The molecular weight excluding hydrogens is 234 g/mol. The second-order valence-electron chi connectivity index (χ2n) is 3.67. The van der Waals surface area contributed by atoms with E-state index in [2.05, 4.69) is 15.5 Å². The quantitative estimate of drug-likeness (QED) is 0.749. The van der Waals surface area contributed by atoms with Crippen LogP contribution < -0.4 is 5.32 Å². The number of H-pyrrole nitrogens is 1. The fraction of sp³-hybridized carbons (Fsp3) is 0.0833. The monoisotopic (exact) mass is 245 g/mol. The molecule has 1 aromatic heterocycles. The number of benzene rings is 1. The fourth-order valence-corrected chi connectivity index (χ4v) is 1.42. The molecule has 2 aromatic rings. The van der Waals surface area contributed by atoms with Crippen molar-refractivity contribution < 1.29 is 14.7 Å². The van der Waals surface area contributed by atoms with Crippen molar-refractivity contribution in [3.63, 3.8) is 0 Å². The summed E-state index contributed by atoms with van der Waals surface area (Å²) in [4.78, 5) is 22.2. The van der Waals surface area contributed by atoms with Crippen LogP contribution in [0.15, 0.2) is 36.7 Å². The number of nitrogens with one attached hydrogen (secondary N) is 2. The van der Waals surface area contributed by atoms with Gasteiger partial charge in [-0.3, -0.25) is 9.89 Å². The molecule has 18 heavy (non-hydrogen) atoms. The summed E-state index contributed by atoms with van der Waals surface area (Å²) in [6, 6.07) is 6.33. The first-order valence-electron chi connectivity index (χ1n) is 5.26. The zero-order valence-corrected chi connectivity index (χ0v) is 9.38. The largest absolute Gasteiger partial charge is 0.478 e. The Bertz CT molecular complexity index is 546. The molecule has 0 atom stereocenters. The second kappa shape index (κ2) is 5.13. The normalized spacial score (nSPS) is 10.0. The van der Waals surface area contributed by atoms with Crippen molar-refractivity contribution in [2.45, 2.75) is 6.54 Å².